The first-order chi connectivity index (χ1) is 22.7. The number of Topliss-reactive ketones (excluding diaryl/α,β-unsaturated/α-hetero) is 1. The number of benzene rings is 3. The van der Waals surface area contributed by atoms with Gasteiger partial charge in [-0.05, 0) is 40.7 Å². The van der Waals surface area contributed by atoms with Crippen molar-refractivity contribution in [3.63, 3.8) is 0 Å². The first-order valence-electron chi connectivity index (χ1n) is 14.1. The van der Waals surface area contributed by atoms with Gasteiger partial charge in [-0.15, -0.1) is 16.4 Å². The Bertz CT molecular complexity index is 2220. The molecule has 238 valence electrons. The van der Waals surface area contributed by atoms with Gasteiger partial charge in [0, 0.05) is 29.5 Å². The maximum Gasteiger partial charge on any atom is 0.416 e. The Kier molecular flexibility index (Phi) is 7.90. The molecule has 7 rings (SSSR count). The van der Waals surface area contributed by atoms with E-state index in [0.717, 1.165) is 40.0 Å². The Morgan fingerprint density at radius 2 is 1.81 bits per heavy atom. The SMILES string of the molecule is COc1cc(OCc2cccc(CC(=O)c3csc(-c4cccc(C(F)(F)F)c4)n3)c2)c2cc(-c3cn4nc(OC)sc4n3)oc2c1. The summed E-state index contributed by atoms with van der Waals surface area (Å²) in [6.45, 7) is 0.200. The van der Waals surface area contributed by atoms with Crippen molar-refractivity contribution < 1.29 is 36.6 Å². The number of furan rings is 1. The molecule has 9 nitrogen and oxygen atoms in total. The molecule has 0 saturated carbocycles. The second-order valence-corrected chi connectivity index (χ2v) is 12.2. The summed E-state index contributed by atoms with van der Waals surface area (Å²) in [5, 5.41) is 7.46. The number of fused-ring (bicyclic) bond motifs is 2. The summed E-state index contributed by atoms with van der Waals surface area (Å²) < 4.78 is 64.1. The minimum Gasteiger partial charge on any atom is -0.496 e. The van der Waals surface area contributed by atoms with Crippen LogP contribution >= 0.6 is 22.7 Å². The third kappa shape index (κ3) is 6.29. The van der Waals surface area contributed by atoms with E-state index in [9.17, 15) is 18.0 Å². The number of hydrogen-bond donors (Lipinski definition) is 0. The molecule has 3 aromatic carbocycles. The van der Waals surface area contributed by atoms with E-state index in [-0.39, 0.29) is 24.5 Å². The first-order valence-corrected chi connectivity index (χ1v) is 15.8. The van der Waals surface area contributed by atoms with E-state index in [1.807, 2.05) is 30.3 Å². The first kappa shape index (κ1) is 30.4. The molecule has 0 aliphatic rings. The van der Waals surface area contributed by atoms with E-state index < -0.39 is 11.7 Å². The molecule has 0 aliphatic carbocycles. The van der Waals surface area contributed by atoms with E-state index in [0.29, 0.717) is 49.3 Å². The zero-order valence-electron chi connectivity index (χ0n) is 24.7. The molecule has 0 amide bonds. The Hall–Kier alpha value is -5.21. The van der Waals surface area contributed by atoms with Crippen molar-refractivity contribution in [3.05, 3.63) is 101 Å². The van der Waals surface area contributed by atoms with Crippen LogP contribution in [0.5, 0.6) is 16.7 Å². The average Bonchev–Trinajstić information content (AvgIpc) is 3.86. The lowest BCUT2D eigenvalue weighted by Crippen LogP contribution is -2.05. The van der Waals surface area contributed by atoms with Crippen molar-refractivity contribution in [3.8, 4) is 38.7 Å². The Morgan fingerprint density at radius 1 is 0.979 bits per heavy atom. The molecule has 0 unspecified atom stereocenters. The third-order valence-corrected chi connectivity index (χ3v) is 9.01. The van der Waals surface area contributed by atoms with Gasteiger partial charge in [-0.3, -0.25) is 4.79 Å². The van der Waals surface area contributed by atoms with Crippen LogP contribution in [0.1, 0.15) is 27.2 Å². The molecule has 0 spiro atoms. The monoisotopic (exact) mass is 676 g/mol. The van der Waals surface area contributed by atoms with Crippen molar-refractivity contribution in [1.29, 1.82) is 0 Å². The van der Waals surface area contributed by atoms with Crippen LogP contribution in [0.4, 0.5) is 13.2 Å². The van der Waals surface area contributed by atoms with Crippen molar-refractivity contribution >= 4 is 44.4 Å². The molecule has 0 saturated heterocycles. The number of ether oxygens (including phenoxy) is 3. The predicted octanol–water partition coefficient (Wildman–Crippen LogP) is 8.37. The van der Waals surface area contributed by atoms with Crippen LogP contribution < -0.4 is 14.2 Å². The Morgan fingerprint density at radius 3 is 2.60 bits per heavy atom. The summed E-state index contributed by atoms with van der Waals surface area (Å²) in [5.41, 5.74) is 2.48. The van der Waals surface area contributed by atoms with Gasteiger partial charge >= 0.3 is 6.18 Å². The highest BCUT2D eigenvalue weighted by atomic mass is 32.1. The summed E-state index contributed by atoms with van der Waals surface area (Å²) in [6, 6.07) is 17.7. The number of rotatable bonds is 10. The molecule has 0 atom stereocenters. The maximum absolute atomic E-state index is 13.2. The summed E-state index contributed by atoms with van der Waals surface area (Å²) >= 11 is 2.44. The lowest BCUT2D eigenvalue weighted by molar-refractivity contribution is -0.137. The fourth-order valence-electron chi connectivity index (χ4n) is 4.96. The van der Waals surface area contributed by atoms with Gasteiger partial charge in [0.1, 0.15) is 40.1 Å². The Balaban J connectivity index is 1.06. The minimum atomic E-state index is -4.47. The van der Waals surface area contributed by atoms with E-state index in [1.165, 1.54) is 17.4 Å². The highest BCUT2D eigenvalue weighted by Crippen LogP contribution is 2.38. The highest BCUT2D eigenvalue weighted by Gasteiger charge is 2.30. The fraction of sp³-hybridized carbons (Fsp3) is 0.152. The second kappa shape index (κ2) is 12.2. The minimum absolute atomic E-state index is 0.0664. The van der Waals surface area contributed by atoms with E-state index >= 15 is 0 Å². The number of carbonyl (C=O) groups excluding carboxylic acids is 1. The molecular weight excluding hydrogens is 654 g/mol. The maximum atomic E-state index is 13.2. The van der Waals surface area contributed by atoms with E-state index in [4.69, 9.17) is 18.6 Å². The fourth-order valence-corrected chi connectivity index (χ4v) is 6.48. The average molecular weight is 677 g/mol. The summed E-state index contributed by atoms with van der Waals surface area (Å²) in [7, 11) is 3.11. The number of carbonyl (C=O) groups is 1. The highest BCUT2D eigenvalue weighted by molar-refractivity contribution is 7.18. The molecule has 7 aromatic rings. The molecule has 0 aliphatic heterocycles. The van der Waals surface area contributed by atoms with Crippen molar-refractivity contribution in [2.75, 3.05) is 14.2 Å². The van der Waals surface area contributed by atoms with Crippen LogP contribution in [0.3, 0.4) is 0 Å². The number of methoxy groups -OCH3 is 2. The second-order valence-electron chi connectivity index (χ2n) is 10.4. The molecule has 0 N–H and O–H groups in total. The van der Waals surface area contributed by atoms with E-state index in [1.54, 1.807) is 48.5 Å². The summed E-state index contributed by atoms with van der Waals surface area (Å²) in [4.78, 5) is 22.7. The number of imidazole rings is 1. The zero-order valence-corrected chi connectivity index (χ0v) is 26.3. The summed E-state index contributed by atoms with van der Waals surface area (Å²) in [5.74, 6) is 1.39. The van der Waals surface area contributed by atoms with Crippen LogP contribution in [0.25, 0.3) is 38.0 Å². The van der Waals surface area contributed by atoms with Gasteiger partial charge in [0.05, 0.1) is 31.4 Å². The zero-order chi connectivity index (χ0) is 32.7. The standard InChI is InChI=1S/C33H23F3N4O5S2/c1-42-22-12-27(23-14-29(45-28(23)13-22)24-15-40-31(38-24)47-32(39-40)43-2)44-16-19-6-3-5-18(9-19)10-26(41)25-17-46-30(37-25)20-7-4-8-21(11-20)33(34,35)36/h3-9,11-15,17H,10,16H2,1-2H3. The van der Waals surface area contributed by atoms with Gasteiger partial charge in [-0.1, -0.05) is 36.4 Å². The summed E-state index contributed by atoms with van der Waals surface area (Å²) in [6.07, 6.45) is -2.64. The van der Waals surface area contributed by atoms with Crippen molar-refractivity contribution in [2.45, 2.75) is 19.2 Å². The molecule has 0 radical (unpaired) electrons. The van der Waals surface area contributed by atoms with Crippen LogP contribution in [0.2, 0.25) is 0 Å². The molecule has 0 fully saturated rings. The smallest absolute Gasteiger partial charge is 0.416 e. The number of halogens is 3. The van der Waals surface area contributed by atoms with Gasteiger partial charge < -0.3 is 18.6 Å². The molecule has 4 aromatic heterocycles. The van der Waals surface area contributed by atoms with Crippen LogP contribution in [0.15, 0.2) is 82.7 Å². The van der Waals surface area contributed by atoms with Crippen molar-refractivity contribution in [2.24, 2.45) is 0 Å². The molecule has 4 heterocycles. The normalized spacial score (nSPS) is 11.8. The molecular formula is C33H23F3N4O5S2. The molecule has 0 bridgehead atoms. The van der Waals surface area contributed by atoms with Gasteiger partial charge in [-0.2, -0.15) is 13.2 Å². The van der Waals surface area contributed by atoms with Gasteiger partial charge in [-0.25, -0.2) is 14.5 Å². The predicted molar refractivity (Wildman–Crippen MR) is 171 cm³/mol. The number of alkyl halides is 3. The number of aromatic nitrogens is 4. The van der Waals surface area contributed by atoms with Gasteiger partial charge in [0.25, 0.3) is 5.19 Å². The van der Waals surface area contributed by atoms with E-state index in [2.05, 4.69) is 15.1 Å². The van der Waals surface area contributed by atoms with Gasteiger partial charge in [0.15, 0.2) is 11.5 Å². The van der Waals surface area contributed by atoms with Crippen LogP contribution in [-0.2, 0) is 19.2 Å². The third-order valence-electron chi connectivity index (χ3n) is 7.24. The number of thiazole rings is 1. The number of hydrogen-bond acceptors (Lipinski definition) is 10. The number of nitrogens with zero attached hydrogens (tertiary/aromatic N) is 4. The molecule has 14 heteroatoms. The lowest BCUT2D eigenvalue weighted by atomic mass is 10.0. The quantitative estimate of drug-likeness (QED) is 0.133. The topological polar surface area (TPSA) is 101 Å². The molecule has 47 heavy (non-hydrogen) atoms. The Labute approximate surface area is 272 Å². The van der Waals surface area contributed by atoms with Gasteiger partial charge in [0.2, 0.25) is 4.96 Å². The lowest BCUT2D eigenvalue weighted by Gasteiger charge is -2.10. The number of ketones is 1. The van der Waals surface area contributed by atoms with Crippen molar-refractivity contribution in [1.82, 2.24) is 19.6 Å². The van der Waals surface area contributed by atoms with Crippen LogP contribution in [0, 0.1) is 0 Å². The largest absolute Gasteiger partial charge is 0.496 e. The van der Waals surface area contributed by atoms with Crippen LogP contribution in [-0.4, -0.2) is 39.6 Å².